The normalized spacial score (nSPS) is 18.3. The molecule has 0 bridgehead atoms. The summed E-state index contributed by atoms with van der Waals surface area (Å²) in [5, 5.41) is 9.62. The van der Waals surface area contributed by atoms with E-state index in [9.17, 15) is 13.9 Å². The van der Waals surface area contributed by atoms with Crippen LogP contribution in [-0.2, 0) is 6.54 Å². The maximum absolute atomic E-state index is 13.3. The lowest BCUT2D eigenvalue weighted by Crippen LogP contribution is -2.36. The summed E-state index contributed by atoms with van der Waals surface area (Å²) in [6.45, 7) is 4.30. The van der Waals surface area contributed by atoms with Gasteiger partial charge >= 0.3 is 0 Å². The Morgan fingerprint density at radius 1 is 1.30 bits per heavy atom. The summed E-state index contributed by atoms with van der Waals surface area (Å²) in [6, 6.07) is 3.59. The van der Waals surface area contributed by atoms with Gasteiger partial charge in [0.2, 0.25) is 5.89 Å². The van der Waals surface area contributed by atoms with E-state index in [1.165, 1.54) is 6.07 Å². The fraction of sp³-hybridized carbons (Fsp3) is 0.471. The van der Waals surface area contributed by atoms with Crippen molar-refractivity contribution in [2.75, 3.05) is 13.1 Å². The fourth-order valence-corrected chi connectivity index (χ4v) is 2.96. The van der Waals surface area contributed by atoms with Crippen molar-refractivity contribution in [1.29, 1.82) is 0 Å². The van der Waals surface area contributed by atoms with Crippen molar-refractivity contribution in [3.8, 4) is 11.5 Å². The molecule has 4 nitrogen and oxygen atoms in total. The predicted octanol–water partition coefficient (Wildman–Crippen LogP) is 3.21. The van der Waals surface area contributed by atoms with E-state index in [0.29, 0.717) is 18.0 Å². The molecule has 0 amide bonds. The number of hydrogen-bond acceptors (Lipinski definition) is 4. The molecule has 1 saturated heterocycles. The highest BCUT2D eigenvalue weighted by molar-refractivity contribution is 5.53. The van der Waals surface area contributed by atoms with Gasteiger partial charge in [-0.1, -0.05) is 0 Å². The average molecular weight is 322 g/mol. The Bertz CT molecular complexity index is 664. The number of nitrogens with zero attached hydrogens (tertiary/aromatic N) is 2. The summed E-state index contributed by atoms with van der Waals surface area (Å²) >= 11 is 0. The highest BCUT2D eigenvalue weighted by Gasteiger charge is 2.23. The van der Waals surface area contributed by atoms with Crippen molar-refractivity contribution in [3.05, 3.63) is 41.8 Å². The monoisotopic (exact) mass is 322 g/mol. The molecule has 1 aromatic carbocycles. The maximum atomic E-state index is 13.3. The number of hydrogen-bond donors (Lipinski definition) is 1. The third kappa shape index (κ3) is 3.76. The third-order valence-corrected chi connectivity index (χ3v) is 4.42. The molecule has 124 valence electrons. The maximum Gasteiger partial charge on any atom is 0.226 e. The zero-order chi connectivity index (χ0) is 16.4. The molecule has 2 aromatic rings. The van der Waals surface area contributed by atoms with Crippen LogP contribution in [0.3, 0.4) is 0 Å². The minimum atomic E-state index is -0.914. The second-order valence-electron chi connectivity index (χ2n) is 6.13. The summed E-state index contributed by atoms with van der Waals surface area (Å²) in [5.41, 5.74) is 1.18. The highest BCUT2D eigenvalue weighted by atomic mass is 19.2. The van der Waals surface area contributed by atoms with E-state index in [4.69, 9.17) is 4.42 Å². The van der Waals surface area contributed by atoms with E-state index in [1.54, 1.807) is 6.26 Å². The molecular formula is C17H20F2N2O2. The number of aliphatic hydroxyl groups excluding tert-OH is 1. The molecule has 1 N–H and O–H groups in total. The van der Waals surface area contributed by atoms with Crippen molar-refractivity contribution in [1.82, 2.24) is 9.88 Å². The number of halogens is 2. The molecule has 1 fully saturated rings. The van der Waals surface area contributed by atoms with Gasteiger partial charge in [-0.25, -0.2) is 13.8 Å². The first kappa shape index (κ1) is 16.1. The highest BCUT2D eigenvalue weighted by Crippen LogP contribution is 2.24. The Kier molecular flexibility index (Phi) is 4.73. The lowest BCUT2D eigenvalue weighted by molar-refractivity contribution is 0.0691. The molecule has 1 atom stereocenters. The number of likely N-dealkylation sites (tertiary alicyclic amines) is 1. The molecule has 23 heavy (non-hydrogen) atoms. The zero-order valence-corrected chi connectivity index (χ0v) is 13.0. The van der Waals surface area contributed by atoms with E-state index in [2.05, 4.69) is 9.88 Å². The van der Waals surface area contributed by atoms with Crippen LogP contribution in [0.2, 0.25) is 0 Å². The van der Waals surface area contributed by atoms with Crippen LogP contribution >= 0.6 is 0 Å². The van der Waals surface area contributed by atoms with Crippen molar-refractivity contribution >= 4 is 0 Å². The smallest absolute Gasteiger partial charge is 0.226 e. The van der Waals surface area contributed by atoms with Crippen LogP contribution < -0.4 is 0 Å². The average Bonchev–Trinajstić information content (AvgIpc) is 2.99. The van der Waals surface area contributed by atoms with Gasteiger partial charge in [-0.2, -0.15) is 0 Å². The molecule has 0 saturated carbocycles. The van der Waals surface area contributed by atoms with Crippen molar-refractivity contribution in [3.63, 3.8) is 0 Å². The van der Waals surface area contributed by atoms with Gasteiger partial charge in [-0.3, -0.25) is 4.90 Å². The molecule has 3 rings (SSSR count). The van der Waals surface area contributed by atoms with Gasteiger partial charge in [0.1, 0.15) is 6.26 Å². The quantitative estimate of drug-likeness (QED) is 0.939. The van der Waals surface area contributed by atoms with Crippen molar-refractivity contribution in [2.24, 2.45) is 5.92 Å². The van der Waals surface area contributed by atoms with Crippen LogP contribution in [0.1, 0.15) is 25.5 Å². The number of piperidine rings is 1. The Labute approximate surface area is 133 Å². The molecule has 1 unspecified atom stereocenters. The lowest BCUT2D eigenvalue weighted by Gasteiger charge is -2.32. The van der Waals surface area contributed by atoms with Gasteiger partial charge in [-0.05, 0) is 57.0 Å². The van der Waals surface area contributed by atoms with Crippen LogP contribution in [0, 0.1) is 17.6 Å². The van der Waals surface area contributed by atoms with E-state index in [0.717, 1.165) is 43.8 Å². The van der Waals surface area contributed by atoms with Gasteiger partial charge in [0.15, 0.2) is 11.6 Å². The van der Waals surface area contributed by atoms with Gasteiger partial charge in [-0.15, -0.1) is 0 Å². The van der Waals surface area contributed by atoms with Crippen LogP contribution in [0.4, 0.5) is 8.78 Å². The van der Waals surface area contributed by atoms with E-state index in [1.807, 2.05) is 6.92 Å². The van der Waals surface area contributed by atoms with Crippen LogP contribution in [0.15, 0.2) is 28.9 Å². The number of aliphatic hydroxyl groups is 1. The molecule has 1 aromatic heterocycles. The minimum absolute atomic E-state index is 0.260. The summed E-state index contributed by atoms with van der Waals surface area (Å²) < 4.78 is 31.6. The first-order chi connectivity index (χ1) is 11.0. The Morgan fingerprint density at radius 3 is 2.70 bits per heavy atom. The number of oxazole rings is 1. The van der Waals surface area contributed by atoms with Gasteiger partial charge in [0, 0.05) is 12.1 Å². The lowest BCUT2D eigenvalue weighted by atomic mass is 9.92. The Balaban J connectivity index is 1.63. The van der Waals surface area contributed by atoms with E-state index in [-0.39, 0.29) is 12.0 Å². The molecule has 6 heteroatoms. The number of aromatic nitrogens is 1. The van der Waals surface area contributed by atoms with Gasteiger partial charge in [0.05, 0.1) is 11.8 Å². The second kappa shape index (κ2) is 6.76. The Morgan fingerprint density at radius 2 is 2.04 bits per heavy atom. The summed E-state index contributed by atoms with van der Waals surface area (Å²) in [5.74, 6) is -1.15. The van der Waals surface area contributed by atoms with Gasteiger partial charge in [0.25, 0.3) is 0 Å². The molecule has 0 radical (unpaired) electrons. The Hall–Kier alpha value is -1.79. The zero-order valence-electron chi connectivity index (χ0n) is 13.0. The molecule has 0 spiro atoms. The minimum Gasteiger partial charge on any atom is -0.444 e. The first-order valence-corrected chi connectivity index (χ1v) is 7.83. The predicted molar refractivity (Wildman–Crippen MR) is 81.5 cm³/mol. The number of benzene rings is 1. The van der Waals surface area contributed by atoms with Crippen LogP contribution in [-0.4, -0.2) is 34.2 Å². The van der Waals surface area contributed by atoms with E-state index >= 15 is 0 Å². The SMILES string of the molecule is CC(O)C1CCN(Cc2coc(-c3ccc(F)c(F)c3)n2)CC1. The van der Waals surface area contributed by atoms with Crippen LogP contribution in [0.5, 0.6) is 0 Å². The third-order valence-electron chi connectivity index (χ3n) is 4.42. The molecule has 1 aliphatic rings. The van der Waals surface area contributed by atoms with Crippen molar-refractivity contribution in [2.45, 2.75) is 32.4 Å². The topological polar surface area (TPSA) is 49.5 Å². The number of rotatable bonds is 4. The summed E-state index contributed by atoms with van der Waals surface area (Å²) in [7, 11) is 0. The largest absolute Gasteiger partial charge is 0.444 e. The van der Waals surface area contributed by atoms with Gasteiger partial charge < -0.3 is 9.52 Å². The summed E-state index contributed by atoms with van der Waals surface area (Å²) in [6.07, 6.45) is 3.22. The molecular weight excluding hydrogens is 302 g/mol. The van der Waals surface area contributed by atoms with Crippen molar-refractivity contribution < 1.29 is 18.3 Å². The molecule has 0 aliphatic carbocycles. The van der Waals surface area contributed by atoms with E-state index < -0.39 is 11.6 Å². The second-order valence-corrected chi connectivity index (χ2v) is 6.13. The standard InChI is InChI=1S/C17H20F2N2O2/c1-11(22)12-4-6-21(7-5-12)9-14-10-23-17(20-14)13-2-3-15(18)16(19)8-13/h2-3,8,10-12,22H,4-7,9H2,1H3. The molecule has 2 heterocycles. The first-order valence-electron chi connectivity index (χ1n) is 7.83. The summed E-state index contributed by atoms with van der Waals surface area (Å²) in [4.78, 5) is 6.61. The molecule has 1 aliphatic heterocycles. The fourth-order valence-electron chi connectivity index (χ4n) is 2.96. The van der Waals surface area contributed by atoms with Crippen LogP contribution in [0.25, 0.3) is 11.5 Å².